The van der Waals surface area contributed by atoms with Crippen LogP contribution in [-0.2, 0) is 6.42 Å². The molecule has 0 radical (unpaired) electrons. The van der Waals surface area contributed by atoms with Crippen molar-refractivity contribution in [3.05, 3.63) is 77.9 Å². The third-order valence-electron chi connectivity index (χ3n) is 5.10. The van der Waals surface area contributed by atoms with Gasteiger partial charge in [0.1, 0.15) is 7.05 Å². The number of nitrogens with zero attached hydrogens (tertiary/aromatic N) is 4. The lowest BCUT2D eigenvalue weighted by Crippen LogP contribution is -2.43. The fourth-order valence-corrected chi connectivity index (χ4v) is 3.22. The molecule has 0 fully saturated rings. The number of phenols is 1. The Morgan fingerprint density at radius 3 is 1.93 bits per heavy atom. The molecule has 3 rings (SSSR count). The van der Waals surface area contributed by atoms with Crippen LogP contribution in [0.2, 0.25) is 0 Å². The minimum absolute atomic E-state index is 0.248. The zero-order chi connectivity index (χ0) is 22.8. The van der Waals surface area contributed by atoms with Crippen LogP contribution >= 0.6 is 0 Å². The van der Waals surface area contributed by atoms with E-state index < -0.39 is 37.6 Å². The van der Waals surface area contributed by atoms with Crippen LogP contribution in [0.5, 0.6) is 5.75 Å². The third-order valence-corrected chi connectivity index (χ3v) is 5.10. The molecule has 0 atom stereocenters. The van der Waals surface area contributed by atoms with Crippen molar-refractivity contribution in [2.45, 2.75) is 32.7 Å². The van der Waals surface area contributed by atoms with Crippen molar-refractivity contribution in [1.82, 2.24) is 0 Å². The number of rotatable bonds is 3. The van der Waals surface area contributed by atoms with E-state index >= 15 is 0 Å². The second-order valence-electron chi connectivity index (χ2n) is 7.39. The molecule has 0 saturated heterocycles. The quantitative estimate of drug-likeness (QED) is 0.455. The highest BCUT2D eigenvalue weighted by Crippen LogP contribution is 2.38. The van der Waals surface area contributed by atoms with Crippen molar-refractivity contribution in [2.75, 3.05) is 7.05 Å². The molecular formula is C19H21N4O7+. The number of nitro groups is 3. The monoisotopic (exact) mass is 417 g/mol. The first-order valence-corrected chi connectivity index (χ1v) is 8.82. The minimum atomic E-state index is -1.21. The molecule has 30 heavy (non-hydrogen) atoms. The van der Waals surface area contributed by atoms with Gasteiger partial charge in [-0.3, -0.25) is 30.3 Å². The standard InChI is InChI=1S/C13H18N.C6H3N3O7/c1-10-12-8-6-5-7-11(12)9-13(2,3)14(10)4;10-6-4(8(13)14)1-3(7(11)12)2-5(6)9(15)16/h5-8H,9H2,1-4H3;1-2,10H/q+1;. The summed E-state index contributed by atoms with van der Waals surface area (Å²) in [5.74, 6) is -1.21. The van der Waals surface area contributed by atoms with Gasteiger partial charge >= 0.3 is 11.4 Å². The Labute approximate surface area is 171 Å². The molecule has 0 amide bonds. The summed E-state index contributed by atoms with van der Waals surface area (Å²) in [6.07, 6.45) is 1.14. The van der Waals surface area contributed by atoms with E-state index in [9.17, 15) is 30.3 Å². The molecule has 2 aromatic rings. The summed E-state index contributed by atoms with van der Waals surface area (Å²) in [5, 5.41) is 40.2. The van der Waals surface area contributed by atoms with Crippen molar-refractivity contribution >= 4 is 22.8 Å². The van der Waals surface area contributed by atoms with Gasteiger partial charge in [-0.1, -0.05) is 18.2 Å². The average molecular weight is 417 g/mol. The van der Waals surface area contributed by atoms with E-state index in [-0.39, 0.29) is 5.54 Å². The van der Waals surface area contributed by atoms with Crippen LogP contribution in [0, 0.1) is 30.3 Å². The Balaban J connectivity index is 0.000000215. The van der Waals surface area contributed by atoms with Crippen LogP contribution in [-0.4, -0.2) is 42.8 Å². The van der Waals surface area contributed by atoms with Crippen LogP contribution < -0.4 is 0 Å². The van der Waals surface area contributed by atoms with E-state index in [1.54, 1.807) is 0 Å². The van der Waals surface area contributed by atoms with E-state index in [0.717, 1.165) is 6.42 Å². The van der Waals surface area contributed by atoms with Crippen LogP contribution in [0.15, 0.2) is 36.4 Å². The molecule has 1 aliphatic heterocycles. The summed E-state index contributed by atoms with van der Waals surface area (Å²) in [4.78, 5) is 27.8. The molecular weight excluding hydrogens is 396 g/mol. The Bertz CT molecular complexity index is 1040. The van der Waals surface area contributed by atoms with Crippen LogP contribution in [0.1, 0.15) is 31.9 Å². The lowest BCUT2D eigenvalue weighted by Gasteiger charge is -2.28. The molecule has 2 aromatic carbocycles. The van der Waals surface area contributed by atoms with Gasteiger partial charge in [-0.15, -0.1) is 0 Å². The number of hydrogen-bond acceptors (Lipinski definition) is 7. The third kappa shape index (κ3) is 4.40. The number of phenolic OH excluding ortho intramolecular Hbond substituents is 1. The lowest BCUT2D eigenvalue weighted by atomic mass is 9.86. The maximum atomic E-state index is 10.4. The highest BCUT2D eigenvalue weighted by atomic mass is 16.6. The summed E-state index contributed by atoms with van der Waals surface area (Å²) in [6, 6.07) is 9.61. The van der Waals surface area contributed by atoms with Gasteiger partial charge in [0.15, 0.2) is 11.3 Å². The van der Waals surface area contributed by atoms with Crippen molar-refractivity contribution in [2.24, 2.45) is 0 Å². The predicted molar refractivity (Wildman–Crippen MR) is 108 cm³/mol. The van der Waals surface area contributed by atoms with Crippen molar-refractivity contribution in [1.29, 1.82) is 0 Å². The molecule has 0 aliphatic carbocycles. The molecule has 0 aromatic heterocycles. The molecule has 158 valence electrons. The van der Waals surface area contributed by atoms with E-state index in [0.29, 0.717) is 12.1 Å². The molecule has 0 bridgehead atoms. The lowest BCUT2D eigenvalue weighted by molar-refractivity contribution is -0.576. The first-order chi connectivity index (χ1) is 13.9. The molecule has 0 spiro atoms. The summed E-state index contributed by atoms with van der Waals surface area (Å²) in [7, 11) is 2.19. The normalized spacial score (nSPS) is 14.3. The Morgan fingerprint density at radius 2 is 1.47 bits per heavy atom. The topological polar surface area (TPSA) is 153 Å². The zero-order valence-corrected chi connectivity index (χ0v) is 16.9. The van der Waals surface area contributed by atoms with Crippen LogP contribution in [0.4, 0.5) is 17.1 Å². The molecule has 1 aliphatic rings. The molecule has 0 unspecified atom stereocenters. The second kappa shape index (κ2) is 8.23. The summed E-state index contributed by atoms with van der Waals surface area (Å²) in [5.41, 5.74) is 1.52. The molecule has 1 N–H and O–H groups in total. The molecule has 11 nitrogen and oxygen atoms in total. The number of fused-ring (bicyclic) bond motifs is 1. The van der Waals surface area contributed by atoms with E-state index in [4.69, 9.17) is 5.11 Å². The predicted octanol–water partition coefficient (Wildman–Crippen LogP) is 3.59. The van der Waals surface area contributed by atoms with Crippen molar-refractivity contribution in [3.63, 3.8) is 0 Å². The smallest absolute Gasteiger partial charge is 0.324 e. The molecule has 0 saturated carbocycles. The Kier molecular flexibility index (Phi) is 6.15. The maximum Gasteiger partial charge on any atom is 0.324 e. The highest BCUT2D eigenvalue weighted by Gasteiger charge is 2.35. The van der Waals surface area contributed by atoms with Crippen LogP contribution in [0.3, 0.4) is 0 Å². The van der Waals surface area contributed by atoms with E-state index in [1.165, 1.54) is 16.8 Å². The van der Waals surface area contributed by atoms with Gasteiger partial charge in [-0.05, 0) is 11.6 Å². The van der Waals surface area contributed by atoms with Gasteiger partial charge in [0.25, 0.3) is 11.4 Å². The maximum absolute atomic E-state index is 10.4. The fourth-order valence-electron chi connectivity index (χ4n) is 3.22. The van der Waals surface area contributed by atoms with Gasteiger partial charge in [-0.25, -0.2) is 4.58 Å². The number of aromatic hydroxyl groups is 1. The largest absolute Gasteiger partial charge is 0.497 e. The Hall–Kier alpha value is -3.89. The number of non-ortho nitro benzene ring substituents is 1. The summed E-state index contributed by atoms with van der Waals surface area (Å²) >= 11 is 0. The van der Waals surface area contributed by atoms with Gasteiger partial charge in [0.05, 0.1) is 26.9 Å². The van der Waals surface area contributed by atoms with Gasteiger partial charge < -0.3 is 5.11 Å². The van der Waals surface area contributed by atoms with Gasteiger partial charge in [0.2, 0.25) is 0 Å². The number of nitro benzene ring substituents is 3. The second-order valence-corrected chi connectivity index (χ2v) is 7.39. The zero-order valence-electron chi connectivity index (χ0n) is 16.9. The average Bonchev–Trinajstić information content (AvgIpc) is 2.66. The van der Waals surface area contributed by atoms with Crippen molar-refractivity contribution < 1.29 is 24.5 Å². The number of likely N-dealkylation sites (N-methyl/N-ethyl adjacent to an activating group) is 1. The van der Waals surface area contributed by atoms with E-state index in [1.807, 2.05) is 0 Å². The van der Waals surface area contributed by atoms with Crippen LogP contribution in [0.25, 0.3) is 0 Å². The van der Waals surface area contributed by atoms with Gasteiger partial charge in [0, 0.05) is 32.8 Å². The Morgan fingerprint density at radius 1 is 0.967 bits per heavy atom. The first kappa shape index (κ1) is 22.4. The molecule has 11 heteroatoms. The van der Waals surface area contributed by atoms with Crippen molar-refractivity contribution in [3.8, 4) is 5.75 Å². The SMILES string of the molecule is CC1=[N+](C)C(C)(C)Cc2ccccc21.O=[N+]([O-])c1cc([N+](=O)[O-])c(O)c([N+](=O)[O-])c1. The number of hydrogen-bond donors (Lipinski definition) is 1. The van der Waals surface area contributed by atoms with E-state index in [2.05, 4.69) is 56.7 Å². The number of benzene rings is 2. The van der Waals surface area contributed by atoms with Gasteiger partial charge in [-0.2, -0.15) is 0 Å². The summed E-state index contributed by atoms with van der Waals surface area (Å²) < 4.78 is 2.38. The highest BCUT2D eigenvalue weighted by molar-refractivity contribution is 5.97. The summed E-state index contributed by atoms with van der Waals surface area (Å²) in [6.45, 7) is 6.80. The first-order valence-electron chi connectivity index (χ1n) is 8.82. The fraction of sp³-hybridized carbons (Fsp3) is 0.316. The minimum Gasteiger partial charge on any atom is -0.497 e. The molecule has 1 heterocycles.